The Morgan fingerprint density at radius 2 is 1.76 bits per heavy atom. The molecule has 0 saturated heterocycles. The third-order valence-electron chi connectivity index (χ3n) is 4.08. The smallest absolute Gasteiger partial charge is 0.00771 e. The maximum absolute atomic E-state index is 3.86. The summed E-state index contributed by atoms with van der Waals surface area (Å²) >= 11 is 0. The molecule has 17 heavy (non-hydrogen) atoms. The summed E-state index contributed by atoms with van der Waals surface area (Å²) in [5.41, 5.74) is 0.535. The van der Waals surface area contributed by atoms with Gasteiger partial charge >= 0.3 is 0 Å². The van der Waals surface area contributed by atoms with Crippen LogP contribution in [0.4, 0.5) is 0 Å². The summed E-state index contributed by atoms with van der Waals surface area (Å²) in [5, 5.41) is 3.86. The zero-order valence-electron chi connectivity index (χ0n) is 12.8. The maximum Gasteiger partial charge on any atom is 0.00771 e. The van der Waals surface area contributed by atoms with Gasteiger partial charge in [-0.3, -0.25) is 0 Å². The fourth-order valence-corrected chi connectivity index (χ4v) is 3.54. The van der Waals surface area contributed by atoms with E-state index in [0.29, 0.717) is 11.5 Å². The van der Waals surface area contributed by atoms with Crippen molar-refractivity contribution in [1.82, 2.24) is 5.32 Å². The summed E-state index contributed by atoms with van der Waals surface area (Å²) in [5.74, 6) is 1.72. The lowest BCUT2D eigenvalue weighted by Crippen LogP contribution is -2.44. The van der Waals surface area contributed by atoms with Gasteiger partial charge in [-0.2, -0.15) is 0 Å². The first-order chi connectivity index (χ1) is 7.78. The molecular weight excluding hydrogens is 206 g/mol. The first kappa shape index (κ1) is 15.0. The van der Waals surface area contributed by atoms with Gasteiger partial charge in [0.15, 0.2) is 0 Å². The summed E-state index contributed by atoms with van der Waals surface area (Å²) < 4.78 is 0. The number of hydrogen-bond acceptors (Lipinski definition) is 1. The van der Waals surface area contributed by atoms with Crippen LogP contribution in [0.15, 0.2) is 0 Å². The molecule has 102 valence electrons. The Morgan fingerprint density at radius 3 is 2.29 bits per heavy atom. The van der Waals surface area contributed by atoms with Gasteiger partial charge in [-0.15, -0.1) is 0 Å². The molecule has 0 bridgehead atoms. The molecule has 1 N–H and O–H groups in total. The van der Waals surface area contributed by atoms with Gasteiger partial charge in [0.1, 0.15) is 0 Å². The average molecular weight is 239 g/mol. The summed E-state index contributed by atoms with van der Waals surface area (Å²) in [7, 11) is 0. The highest BCUT2D eigenvalue weighted by atomic mass is 14.9. The molecule has 1 aliphatic carbocycles. The second kappa shape index (κ2) is 6.22. The molecule has 3 unspecified atom stereocenters. The highest BCUT2D eigenvalue weighted by Gasteiger charge is 2.32. The summed E-state index contributed by atoms with van der Waals surface area (Å²) in [6.45, 7) is 14.3. The largest absolute Gasteiger partial charge is 0.311 e. The van der Waals surface area contributed by atoms with E-state index in [1.807, 2.05) is 0 Å². The molecule has 1 saturated carbocycles. The minimum atomic E-state index is 0.535. The Balaban J connectivity index is 2.35. The maximum atomic E-state index is 3.86. The second-order valence-corrected chi connectivity index (χ2v) is 7.65. The van der Waals surface area contributed by atoms with Crippen LogP contribution < -0.4 is 5.32 Å². The Kier molecular flexibility index (Phi) is 5.50. The van der Waals surface area contributed by atoms with Crippen LogP contribution >= 0.6 is 0 Å². The van der Waals surface area contributed by atoms with Crippen molar-refractivity contribution in [2.24, 2.45) is 17.3 Å². The van der Waals surface area contributed by atoms with Crippen molar-refractivity contribution in [3.05, 3.63) is 0 Å². The van der Waals surface area contributed by atoms with E-state index in [0.717, 1.165) is 17.9 Å². The molecule has 1 rings (SSSR count). The topological polar surface area (TPSA) is 12.0 Å². The summed E-state index contributed by atoms with van der Waals surface area (Å²) in [4.78, 5) is 0. The van der Waals surface area contributed by atoms with Gasteiger partial charge in [0.05, 0.1) is 0 Å². The first-order valence-corrected chi connectivity index (χ1v) is 7.54. The standard InChI is InChI=1S/C16H33N/c1-12(2)7-8-14(4)17-15-9-13(3)10-16(5,6)11-15/h12-15,17H,7-11H2,1-6H3. The van der Waals surface area contributed by atoms with Gasteiger partial charge in [-0.25, -0.2) is 0 Å². The van der Waals surface area contributed by atoms with Crippen LogP contribution in [0.3, 0.4) is 0 Å². The van der Waals surface area contributed by atoms with E-state index in [1.54, 1.807) is 0 Å². The van der Waals surface area contributed by atoms with Gasteiger partial charge in [0.2, 0.25) is 0 Å². The predicted molar refractivity (Wildman–Crippen MR) is 77.3 cm³/mol. The Morgan fingerprint density at radius 1 is 1.12 bits per heavy atom. The first-order valence-electron chi connectivity index (χ1n) is 7.54. The van der Waals surface area contributed by atoms with Crippen LogP contribution in [0, 0.1) is 17.3 Å². The minimum absolute atomic E-state index is 0.535. The molecule has 0 amide bonds. The lowest BCUT2D eigenvalue weighted by molar-refractivity contribution is 0.144. The van der Waals surface area contributed by atoms with Crippen molar-refractivity contribution in [1.29, 1.82) is 0 Å². The van der Waals surface area contributed by atoms with Gasteiger partial charge in [0, 0.05) is 12.1 Å². The third-order valence-corrected chi connectivity index (χ3v) is 4.08. The lowest BCUT2D eigenvalue weighted by Gasteiger charge is -2.40. The fourth-order valence-electron chi connectivity index (χ4n) is 3.54. The van der Waals surface area contributed by atoms with Crippen LogP contribution in [-0.2, 0) is 0 Å². The summed E-state index contributed by atoms with van der Waals surface area (Å²) in [6.07, 6.45) is 6.78. The minimum Gasteiger partial charge on any atom is -0.311 e. The molecule has 3 atom stereocenters. The zero-order chi connectivity index (χ0) is 13.1. The van der Waals surface area contributed by atoms with E-state index in [1.165, 1.54) is 32.1 Å². The molecule has 0 aromatic heterocycles. The van der Waals surface area contributed by atoms with E-state index in [4.69, 9.17) is 0 Å². The predicted octanol–water partition coefficient (Wildman–Crippen LogP) is 4.62. The van der Waals surface area contributed by atoms with Gasteiger partial charge in [-0.05, 0) is 56.3 Å². The van der Waals surface area contributed by atoms with Crippen molar-refractivity contribution in [3.8, 4) is 0 Å². The highest BCUT2D eigenvalue weighted by Crippen LogP contribution is 2.38. The quantitative estimate of drug-likeness (QED) is 0.738. The Hall–Kier alpha value is -0.0400. The highest BCUT2D eigenvalue weighted by molar-refractivity contribution is 4.87. The molecule has 0 aromatic carbocycles. The van der Waals surface area contributed by atoms with Gasteiger partial charge in [0.25, 0.3) is 0 Å². The van der Waals surface area contributed by atoms with Crippen molar-refractivity contribution in [3.63, 3.8) is 0 Å². The van der Waals surface area contributed by atoms with E-state index < -0.39 is 0 Å². The van der Waals surface area contributed by atoms with Crippen LogP contribution in [0.2, 0.25) is 0 Å². The van der Waals surface area contributed by atoms with Crippen LogP contribution in [0.1, 0.15) is 73.6 Å². The molecule has 0 radical (unpaired) electrons. The van der Waals surface area contributed by atoms with Crippen LogP contribution in [0.5, 0.6) is 0 Å². The summed E-state index contributed by atoms with van der Waals surface area (Å²) in [6, 6.07) is 1.43. The molecule has 0 aliphatic heterocycles. The number of rotatable bonds is 5. The monoisotopic (exact) mass is 239 g/mol. The molecule has 0 heterocycles. The van der Waals surface area contributed by atoms with Crippen molar-refractivity contribution >= 4 is 0 Å². The van der Waals surface area contributed by atoms with Gasteiger partial charge in [-0.1, -0.05) is 34.6 Å². The average Bonchev–Trinajstić information content (AvgIpc) is 2.11. The molecule has 1 fully saturated rings. The number of nitrogens with one attached hydrogen (secondary N) is 1. The zero-order valence-corrected chi connectivity index (χ0v) is 12.8. The lowest BCUT2D eigenvalue weighted by atomic mass is 9.70. The van der Waals surface area contributed by atoms with Crippen molar-refractivity contribution in [2.45, 2.75) is 85.7 Å². The Labute approximate surface area is 109 Å². The van der Waals surface area contributed by atoms with Crippen LogP contribution in [0.25, 0.3) is 0 Å². The normalized spacial score (nSPS) is 30.5. The molecule has 0 aromatic rings. The third kappa shape index (κ3) is 5.90. The Bertz CT molecular complexity index is 220. The molecule has 1 heteroatoms. The van der Waals surface area contributed by atoms with E-state index in [2.05, 4.69) is 46.9 Å². The van der Waals surface area contributed by atoms with E-state index >= 15 is 0 Å². The molecule has 1 nitrogen and oxygen atoms in total. The van der Waals surface area contributed by atoms with Crippen LogP contribution in [-0.4, -0.2) is 12.1 Å². The van der Waals surface area contributed by atoms with E-state index in [9.17, 15) is 0 Å². The molecular formula is C16H33N. The SMILES string of the molecule is CC(C)CCC(C)NC1CC(C)CC(C)(C)C1. The van der Waals surface area contributed by atoms with Crippen molar-refractivity contribution < 1.29 is 0 Å². The molecule has 0 spiro atoms. The second-order valence-electron chi connectivity index (χ2n) is 7.65. The van der Waals surface area contributed by atoms with Gasteiger partial charge < -0.3 is 5.32 Å². The molecule has 1 aliphatic rings. The van der Waals surface area contributed by atoms with E-state index in [-0.39, 0.29) is 0 Å². The number of hydrogen-bond donors (Lipinski definition) is 1. The fraction of sp³-hybridized carbons (Fsp3) is 1.00. The van der Waals surface area contributed by atoms with Crippen molar-refractivity contribution in [2.75, 3.05) is 0 Å².